The molecule has 5 heteroatoms. The molecule has 3 aromatic rings. The van der Waals surface area contributed by atoms with E-state index in [1.165, 1.54) is 12.1 Å². The molecule has 0 fully saturated rings. The maximum Gasteiger partial charge on any atom is 0.335 e. The van der Waals surface area contributed by atoms with Gasteiger partial charge >= 0.3 is 5.97 Å². The molecule has 0 unspecified atom stereocenters. The average molecular weight is 357 g/mol. The zero-order valence-corrected chi connectivity index (χ0v) is 14.4. The van der Waals surface area contributed by atoms with E-state index >= 15 is 0 Å². The highest BCUT2D eigenvalue weighted by Crippen LogP contribution is 2.38. The zero-order valence-electron chi connectivity index (χ0n) is 14.4. The molecule has 0 saturated heterocycles. The molecule has 5 nitrogen and oxygen atoms in total. The molecule has 3 aromatic carbocycles. The van der Waals surface area contributed by atoms with Crippen molar-refractivity contribution in [3.05, 3.63) is 88.5 Å². The number of anilines is 1. The summed E-state index contributed by atoms with van der Waals surface area (Å²) in [5.41, 5.74) is 4.00. The van der Waals surface area contributed by atoms with E-state index in [1.807, 2.05) is 18.2 Å². The van der Waals surface area contributed by atoms with Crippen LogP contribution in [-0.2, 0) is 0 Å². The molecule has 0 atom stereocenters. The Balaban J connectivity index is 1.75. The standard InChI is InChI=1S/C22H15NO4/c1-12-9-10-13(22(26)27)11-18(12)23-21(25)17-8-4-7-15-14-5-2-3-6-16(14)20(24)19(15)17/h2-11H,1H3,(H,23,25)(H,26,27). The van der Waals surface area contributed by atoms with Gasteiger partial charge in [-0.25, -0.2) is 4.79 Å². The second-order valence-electron chi connectivity index (χ2n) is 6.39. The highest BCUT2D eigenvalue weighted by Gasteiger charge is 2.30. The third-order valence-corrected chi connectivity index (χ3v) is 4.73. The molecule has 0 aliphatic heterocycles. The molecule has 132 valence electrons. The fraction of sp³-hybridized carbons (Fsp3) is 0.0455. The van der Waals surface area contributed by atoms with E-state index in [-0.39, 0.29) is 16.9 Å². The average Bonchev–Trinajstić information content (AvgIpc) is 2.96. The van der Waals surface area contributed by atoms with E-state index in [4.69, 9.17) is 5.11 Å². The summed E-state index contributed by atoms with van der Waals surface area (Å²) < 4.78 is 0. The summed E-state index contributed by atoms with van der Waals surface area (Å²) >= 11 is 0. The minimum absolute atomic E-state index is 0.0812. The number of aromatic carboxylic acids is 1. The monoisotopic (exact) mass is 357 g/mol. The molecule has 0 bridgehead atoms. The third kappa shape index (κ3) is 2.69. The van der Waals surface area contributed by atoms with Gasteiger partial charge in [0, 0.05) is 16.8 Å². The Bertz CT molecular complexity index is 1130. The summed E-state index contributed by atoms with van der Waals surface area (Å²) in [6.07, 6.45) is 0. The number of fused-ring (bicyclic) bond motifs is 3. The lowest BCUT2D eigenvalue weighted by atomic mass is 10.00. The van der Waals surface area contributed by atoms with E-state index < -0.39 is 11.9 Å². The molecule has 27 heavy (non-hydrogen) atoms. The zero-order chi connectivity index (χ0) is 19.1. The summed E-state index contributed by atoms with van der Waals surface area (Å²) in [6, 6.07) is 17.0. The number of amides is 1. The molecule has 1 aliphatic carbocycles. The lowest BCUT2D eigenvalue weighted by Gasteiger charge is -2.11. The molecule has 4 rings (SSSR count). The van der Waals surface area contributed by atoms with Gasteiger partial charge in [0.1, 0.15) is 0 Å². The van der Waals surface area contributed by atoms with Gasteiger partial charge in [-0.15, -0.1) is 0 Å². The third-order valence-electron chi connectivity index (χ3n) is 4.73. The van der Waals surface area contributed by atoms with E-state index in [2.05, 4.69) is 5.32 Å². The number of ketones is 1. The Morgan fingerprint density at radius 3 is 2.33 bits per heavy atom. The van der Waals surface area contributed by atoms with Gasteiger partial charge < -0.3 is 10.4 Å². The summed E-state index contributed by atoms with van der Waals surface area (Å²) in [7, 11) is 0. The van der Waals surface area contributed by atoms with Crippen molar-refractivity contribution in [1.82, 2.24) is 0 Å². The Hall–Kier alpha value is -3.73. The lowest BCUT2D eigenvalue weighted by Crippen LogP contribution is -2.17. The van der Waals surface area contributed by atoms with E-state index in [1.54, 1.807) is 37.3 Å². The number of rotatable bonds is 3. The largest absolute Gasteiger partial charge is 0.478 e. The highest BCUT2D eigenvalue weighted by atomic mass is 16.4. The molecular weight excluding hydrogens is 342 g/mol. The van der Waals surface area contributed by atoms with Crippen LogP contribution in [0, 0.1) is 6.92 Å². The van der Waals surface area contributed by atoms with Crippen LogP contribution in [0.3, 0.4) is 0 Å². The van der Waals surface area contributed by atoms with E-state index in [0.29, 0.717) is 16.8 Å². The molecule has 1 aliphatic rings. The predicted molar refractivity (Wildman–Crippen MR) is 101 cm³/mol. The van der Waals surface area contributed by atoms with Gasteiger partial charge in [-0.2, -0.15) is 0 Å². The summed E-state index contributed by atoms with van der Waals surface area (Å²) in [5.74, 6) is -1.70. The van der Waals surface area contributed by atoms with Gasteiger partial charge in [-0.3, -0.25) is 9.59 Å². The lowest BCUT2D eigenvalue weighted by molar-refractivity contribution is 0.0696. The van der Waals surface area contributed by atoms with Crippen molar-refractivity contribution >= 4 is 23.3 Å². The SMILES string of the molecule is Cc1ccc(C(=O)O)cc1NC(=O)c1cccc2c1C(=O)c1ccccc1-2. The van der Waals surface area contributed by atoms with Gasteiger partial charge in [0.25, 0.3) is 5.91 Å². The van der Waals surface area contributed by atoms with Crippen molar-refractivity contribution in [2.45, 2.75) is 6.92 Å². The number of carbonyl (C=O) groups is 3. The van der Waals surface area contributed by atoms with Crippen molar-refractivity contribution in [1.29, 1.82) is 0 Å². The molecule has 2 N–H and O–H groups in total. The van der Waals surface area contributed by atoms with Crippen molar-refractivity contribution in [2.75, 3.05) is 5.32 Å². The fourth-order valence-electron chi connectivity index (χ4n) is 3.34. The number of aryl methyl sites for hydroxylation is 1. The van der Waals surface area contributed by atoms with Crippen LogP contribution < -0.4 is 5.32 Å². The van der Waals surface area contributed by atoms with Gasteiger partial charge in [0.15, 0.2) is 5.78 Å². The minimum atomic E-state index is -1.07. The number of carbonyl (C=O) groups excluding carboxylic acids is 2. The quantitative estimate of drug-likeness (QED) is 0.577. The van der Waals surface area contributed by atoms with Crippen LogP contribution in [0.1, 0.15) is 42.2 Å². The molecule has 0 spiro atoms. The molecule has 1 amide bonds. The van der Waals surface area contributed by atoms with Gasteiger partial charge in [-0.05, 0) is 41.8 Å². The maximum atomic E-state index is 12.9. The number of hydrogen-bond acceptors (Lipinski definition) is 3. The summed E-state index contributed by atoms with van der Waals surface area (Å²) in [5, 5.41) is 11.9. The van der Waals surface area contributed by atoms with Gasteiger partial charge in [0.05, 0.1) is 11.1 Å². The smallest absolute Gasteiger partial charge is 0.335 e. The Labute approximate surface area is 155 Å². The first-order chi connectivity index (χ1) is 13.0. The topological polar surface area (TPSA) is 83.5 Å². The normalized spacial score (nSPS) is 11.7. The van der Waals surface area contributed by atoms with Crippen LogP contribution in [0.5, 0.6) is 0 Å². The predicted octanol–water partition coefficient (Wildman–Crippen LogP) is 4.16. The van der Waals surface area contributed by atoms with Gasteiger partial charge in [-0.1, -0.05) is 42.5 Å². The molecule has 0 heterocycles. The van der Waals surface area contributed by atoms with Crippen molar-refractivity contribution in [3.63, 3.8) is 0 Å². The molecule has 0 radical (unpaired) electrons. The van der Waals surface area contributed by atoms with Crippen molar-refractivity contribution < 1.29 is 19.5 Å². The first kappa shape index (κ1) is 16.7. The number of carboxylic acid groups (broad SMARTS) is 1. The first-order valence-corrected chi connectivity index (χ1v) is 8.40. The maximum absolute atomic E-state index is 12.9. The Morgan fingerprint density at radius 1 is 0.889 bits per heavy atom. The fourth-order valence-corrected chi connectivity index (χ4v) is 3.34. The number of hydrogen-bond donors (Lipinski definition) is 2. The minimum Gasteiger partial charge on any atom is -0.478 e. The van der Waals surface area contributed by atoms with Crippen LogP contribution in [0.2, 0.25) is 0 Å². The van der Waals surface area contributed by atoms with Crippen LogP contribution in [0.15, 0.2) is 60.7 Å². The number of nitrogens with one attached hydrogen (secondary N) is 1. The van der Waals surface area contributed by atoms with Crippen molar-refractivity contribution in [3.8, 4) is 11.1 Å². The van der Waals surface area contributed by atoms with Crippen LogP contribution in [0.25, 0.3) is 11.1 Å². The molecular formula is C22H15NO4. The van der Waals surface area contributed by atoms with E-state index in [0.717, 1.165) is 16.7 Å². The molecule has 0 saturated carbocycles. The van der Waals surface area contributed by atoms with Crippen molar-refractivity contribution in [2.24, 2.45) is 0 Å². The Kier molecular flexibility index (Phi) is 3.85. The van der Waals surface area contributed by atoms with Crippen LogP contribution in [0.4, 0.5) is 5.69 Å². The summed E-state index contributed by atoms with van der Waals surface area (Å²) in [6.45, 7) is 1.78. The Morgan fingerprint density at radius 2 is 1.59 bits per heavy atom. The number of carboxylic acids is 1. The van der Waals surface area contributed by atoms with E-state index in [9.17, 15) is 14.4 Å². The second-order valence-corrected chi connectivity index (χ2v) is 6.39. The van der Waals surface area contributed by atoms with Crippen LogP contribution in [-0.4, -0.2) is 22.8 Å². The van der Waals surface area contributed by atoms with Gasteiger partial charge in [0.2, 0.25) is 0 Å². The highest BCUT2D eigenvalue weighted by molar-refractivity contribution is 6.26. The van der Waals surface area contributed by atoms with Crippen LogP contribution >= 0.6 is 0 Å². The number of benzene rings is 3. The second kappa shape index (κ2) is 6.21. The first-order valence-electron chi connectivity index (χ1n) is 8.40. The summed E-state index contributed by atoms with van der Waals surface area (Å²) in [4.78, 5) is 36.9. The molecule has 0 aromatic heterocycles.